The molecule has 1 aromatic rings. The molecule has 0 amide bonds. The Bertz CT molecular complexity index is 632. The molecule has 1 aliphatic carbocycles. The lowest BCUT2D eigenvalue weighted by molar-refractivity contribution is -0.387. The summed E-state index contributed by atoms with van der Waals surface area (Å²) in [5.41, 5.74) is -0.504. The molecule has 0 bridgehead atoms. The summed E-state index contributed by atoms with van der Waals surface area (Å²) in [6.45, 7) is 2.05. The maximum absolute atomic E-state index is 12.3. The van der Waals surface area contributed by atoms with Crippen LogP contribution in [0.15, 0.2) is 23.1 Å². The van der Waals surface area contributed by atoms with Crippen LogP contribution in [0.25, 0.3) is 0 Å². The van der Waals surface area contributed by atoms with Crippen LogP contribution in [0.5, 0.6) is 0 Å². The van der Waals surface area contributed by atoms with Gasteiger partial charge < -0.3 is 0 Å². The lowest BCUT2D eigenvalue weighted by Crippen LogP contribution is -2.33. The Balaban J connectivity index is 2.32. The molecule has 0 spiro atoms. The van der Waals surface area contributed by atoms with Crippen LogP contribution in [-0.2, 0) is 10.0 Å². The van der Waals surface area contributed by atoms with E-state index in [0.717, 1.165) is 25.3 Å². The Morgan fingerprint density at radius 1 is 1.40 bits per heavy atom. The van der Waals surface area contributed by atoms with Crippen molar-refractivity contribution in [3.63, 3.8) is 0 Å². The van der Waals surface area contributed by atoms with E-state index in [1.165, 1.54) is 12.1 Å². The van der Waals surface area contributed by atoms with Crippen molar-refractivity contribution in [3.05, 3.63) is 33.3 Å². The van der Waals surface area contributed by atoms with E-state index in [-0.39, 0.29) is 16.0 Å². The standard InChI is InChI=1S/C12H15ClN2O4S/c1-8-2-4-10(6-8)14-20(18,19)12-5-3-9(13)7-11(12)15(16)17/h3,5,7-8,10,14H,2,4,6H2,1H3. The molecule has 1 aromatic carbocycles. The van der Waals surface area contributed by atoms with E-state index in [1.54, 1.807) is 0 Å². The smallest absolute Gasteiger partial charge is 0.258 e. The van der Waals surface area contributed by atoms with Crippen LogP contribution in [0.4, 0.5) is 5.69 Å². The molecule has 110 valence electrons. The number of sulfonamides is 1. The molecule has 2 atom stereocenters. The largest absolute Gasteiger partial charge is 0.290 e. The van der Waals surface area contributed by atoms with Gasteiger partial charge >= 0.3 is 0 Å². The van der Waals surface area contributed by atoms with Crippen LogP contribution >= 0.6 is 11.6 Å². The summed E-state index contributed by atoms with van der Waals surface area (Å²) < 4.78 is 27.1. The molecule has 1 aliphatic rings. The van der Waals surface area contributed by atoms with Gasteiger partial charge in [-0.3, -0.25) is 10.1 Å². The third kappa shape index (κ3) is 3.28. The molecule has 2 unspecified atom stereocenters. The molecule has 0 heterocycles. The van der Waals surface area contributed by atoms with Crippen LogP contribution < -0.4 is 4.72 Å². The van der Waals surface area contributed by atoms with Crippen molar-refractivity contribution >= 4 is 27.3 Å². The van der Waals surface area contributed by atoms with Crippen LogP contribution in [0, 0.1) is 16.0 Å². The molecule has 0 saturated heterocycles. The zero-order valence-electron chi connectivity index (χ0n) is 10.9. The first-order valence-electron chi connectivity index (χ1n) is 6.26. The number of nitro groups is 1. The Morgan fingerprint density at radius 2 is 2.10 bits per heavy atom. The molecule has 6 nitrogen and oxygen atoms in total. The van der Waals surface area contributed by atoms with E-state index in [4.69, 9.17) is 11.6 Å². The highest BCUT2D eigenvalue weighted by Crippen LogP contribution is 2.30. The van der Waals surface area contributed by atoms with Gasteiger partial charge in [-0.1, -0.05) is 18.5 Å². The van der Waals surface area contributed by atoms with Crippen molar-refractivity contribution in [2.45, 2.75) is 37.1 Å². The SMILES string of the molecule is CC1CCC(NS(=O)(=O)c2ccc(Cl)cc2[N+](=O)[O-])C1. The third-order valence-electron chi connectivity index (χ3n) is 3.42. The Kier molecular flexibility index (Phi) is 4.31. The lowest BCUT2D eigenvalue weighted by atomic mass is 10.1. The number of benzene rings is 1. The van der Waals surface area contributed by atoms with Crippen molar-refractivity contribution < 1.29 is 13.3 Å². The van der Waals surface area contributed by atoms with Crippen molar-refractivity contribution in [2.75, 3.05) is 0 Å². The zero-order valence-corrected chi connectivity index (χ0v) is 12.4. The summed E-state index contributed by atoms with van der Waals surface area (Å²) >= 11 is 5.68. The van der Waals surface area contributed by atoms with Gasteiger partial charge in [-0.2, -0.15) is 0 Å². The van der Waals surface area contributed by atoms with E-state index in [2.05, 4.69) is 11.6 Å². The van der Waals surface area contributed by atoms with Gasteiger partial charge in [0.15, 0.2) is 4.90 Å². The van der Waals surface area contributed by atoms with Crippen molar-refractivity contribution in [3.8, 4) is 0 Å². The molecule has 1 saturated carbocycles. The van der Waals surface area contributed by atoms with Crippen LogP contribution in [0.1, 0.15) is 26.2 Å². The maximum atomic E-state index is 12.3. The second-order valence-electron chi connectivity index (χ2n) is 5.11. The Labute approximate surface area is 122 Å². The van der Waals surface area contributed by atoms with E-state index < -0.39 is 20.6 Å². The molecule has 1 fully saturated rings. The fourth-order valence-electron chi connectivity index (χ4n) is 2.46. The monoisotopic (exact) mass is 318 g/mol. The highest BCUT2D eigenvalue weighted by atomic mass is 35.5. The Morgan fingerprint density at radius 3 is 2.65 bits per heavy atom. The van der Waals surface area contributed by atoms with Gasteiger partial charge in [-0.15, -0.1) is 0 Å². The van der Waals surface area contributed by atoms with Crippen LogP contribution in [0.3, 0.4) is 0 Å². The normalized spacial score (nSPS) is 22.9. The van der Waals surface area contributed by atoms with E-state index in [0.29, 0.717) is 5.92 Å². The van der Waals surface area contributed by atoms with Gasteiger partial charge in [-0.05, 0) is 37.3 Å². The number of hydrogen-bond acceptors (Lipinski definition) is 4. The number of rotatable bonds is 4. The summed E-state index contributed by atoms with van der Waals surface area (Å²) in [6, 6.07) is 3.39. The second kappa shape index (κ2) is 5.67. The maximum Gasteiger partial charge on any atom is 0.290 e. The predicted octanol–water partition coefficient (Wildman–Crippen LogP) is 2.72. The molecular formula is C12H15ClN2O4S. The number of nitrogens with zero attached hydrogens (tertiary/aromatic N) is 1. The van der Waals surface area contributed by atoms with E-state index in [1.807, 2.05) is 0 Å². The summed E-state index contributed by atoms with van der Waals surface area (Å²) in [4.78, 5) is 9.88. The van der Waals surface area contributed by atoms with Crippen molar-refractivity contribution in [2.24, 2.45) is 5.92 Å². The van der Waals surface area contributed by atoms with Gasteiger partial charge in [0.05, 0.1) is 4.92 Å². The highest BCUT2D eigenvalue weighted by molar-refractivity contribution is 7.89. The van der Waals surface area contributed by atoms with Gasteiger partial charge in [0.2, 0.25) is 10.0 Å². The number of nitro benzene ring substituents is 1. The second-order valence-corrected chi connectivity index (χ2v) is 7.22. The quantitative estimate of drug-likeness (QED) is 0.682. The summed E-state index contributed by atoms with van der Waals surface area (Å²) in [7, 11) is -3.91. The fourth-order valence-corrected chi connectivity index (χ4v) is 4.06. The first-order valence-corrected chi connectivity index (χ1v) is 8.12. The predicted molar refractivity (Wildman–Crippen MR) is 75.2 cm³/mol. The van der Waals surface area contributed by atoms with Gasteiger partial charge in [-0.25, -0.2) is 13.1 Å². The lowest BCUT2D eigenvalue weighted by Gasteiger charge is -2.13. The van der Waals surface area contributed by atoms with Crippen LogP contribution in [-0.4, -0.2) is 19.4 Å². The Hall–Kier alpha value is -1.18. The zero-order chi connectivity index (χ0) is 14.9. The molecule has 1 N–H and O–H groups in total. The number of halogens is 1. The summed E-state index contributed by atoms with van der Waals surface area (Å²) in [5, 5.41) is 11.1. The molecule has 20 heavy (non-hydrogen) atoms. The molecular weight excluding hydrogens is 304 g/mol. The van der Waals surface area contributed by atoms with Gasteiger partial charge in [0, 0.05) is 17.1 Å². The van der Waals surface area contributed by atoms with Gasteiger partial charge in [0.25, 0.3) is 5.69 Å². The third-order valence-corrected chi connectivity index (χ3v) is 5.23. The molecule has 0 radical (unpaired) electrons. The summed E-state index contributed by atoms with van der Waals surface area (Å²) in [5.74, 6) is 0.461. The minimum Gasteiger partial charge on any atom is -0.258 e. The van der Waals surface area contributed by atoms with Crippen LogP contribution in [0.2, 0.25) is 5.02 Å². The van der Waals surface area contributed by atoms with E-state index in [9.17, 15) is 18.5 Å². The summed E-state index contributed by atoms with van der Waals surface area (Å²) in [6.07, 6.45) is 2.46. The molecule has 8 heteroatoms. The van der Waals surface area contributed by atoms with Crippen molar-refractivity contribution in [1.82, 2.24) is 4.72 Å². The average Bonchev–Trinajstić information content (AvgIpc) is 2.73. The number of nitrogens with one attached hydrogen (secondary N) is 1. The fraction of sp³-hybridized carbons (Fsp3) is 0.500. The topological polar surface area (TPSA) is 89.3 Å². The molecule has 2 rings (SSSR count). The number of hydrogen-bond donors (Lipinski definition) is 1. The first kappa shape index (κ1) is 15.2. The van der Waals surface area contributed by atoms with E-state index >= 15 is 0 Å². The minimum absolute atomic E-state index is 0.130. The van der Waals surface area contributed by atoms with Crippen molar-refractivity contribution in [1.29, 1.82) is 0 Å². The van der Waals surface area contributed by atoms with Gasteiger partial charge in [0.1, 0.15) is 0 Å². The highest BCUT2D eigenvalue weighted by Gasteiger charge is 2.31. The average molecular weight is 319 g/mol. The first-order chi connectivity index (χ1) is 9.29. The molecule has 0 aliphatic heterocycles. The minimum atomic E-state index is -3.91. The molecule has 0 aromatic heterocycles.